The van der Waals surface area contributed by atoms with Crippen molar-refractivity contribution in [3.05, 3.63) is 48.6 Å². The Kier molecular flexibility index (Phi) is 18.4. The third kappa shape index (κ3) is 18.7. The van der Waals surface area contributed by atoms with Crippen LogP contribution in [0.3, 0.4) is 0 Å². The fraction of sp³-hybridized carbons (Fsp3) is 0.591. The Morgan fingerprint density at radius 3 is 2.08 bits per heavy atom. The first-order valence-corrected chi connectivity index (χ1v) is 9.86. The Hall–Kier alpha value is -1.65. The zero-order chi connectivity index (χ0) is 19.3. The first-order chi connectivity index (χ1) is 12.7. The predicted octanol–water partition coefficient (Wildman–Crippen LogP) is 4.21. The second-order valence-electron chi connectivity index (χ2n) is 6.26. The molecule has 0 aliphatic carbocycles. The topological polar surface area (TPSA) is 69.6 Å². The lowest BCUT2D eigenvalue weighted by Gasteiger charge is -2.07. The van der Waals surface area contributed by atoms with Crippen LogP contribution in [0.25, 0.3) is 0 Å². The second-order valence-corrected chi connectivity index (χ2v) is 6.26. The van der Waals surface area contributed by atoms with E-state index in [0.29, 0.717) is 6.42 Å². The van der Waals surface area contributed by atoms with E-state index in [1.807, 2.05) is 12.2 Å². The minimum absolute atomic E-state index is 0.0675. The quantitative estimate of drug-likeness (QED) is 0.284. The highest BCUT2D eigenvalue weighted by Crippen LogP contribution is 2.02. The fourth-order valence-corrected chi connectivity index (χ4v) is 2.26. The maximum absolute atomic E-state index is 11.3. The molecule has 0 aliphatic heterocycles. The highest BCUT2D eigenvalue weighted by molar-refractivity contribution is 5.76. The van der Waals surface area contributed by atoms with Gasteiger partial charge in [0.15, 0.2) is 0 Å². The van der Waals surface area contributed by atoms with E-state index >= 15 is 0 Å². The van der Waals surface area contributed by atoms with Crippen molar-refractivity contribution < 1.29 is 15.0 Å². The lowest BCUT2D eigenvalue weighted by Crippen LogP contribution is -2.29. The molecule has 0 aromatic rings. The van der Waals surface area contributed by atoms with E-state index in [4.69, 9.17) is 5.11 Å². The molecule has 0 aliphatic rings. The molecule has 0 saturated carbocycles. The molecular formula is C22H37NO3. The van der Waals surface area contributed by atoms with Gasteiger partial charge < -0.3 is 15.5 Å². The van der Waals surface area contributed by atoms with Gasteiger partial charge in [0, 0.05) is 6.54 Å². The lowest BCUT2D eigenvalue weighted by atomic mass is 10.1. The van der Waals surface area contributed by atoms with E-state index in [2.05, 4.69) is 48.7 Å². The predicted molar refractivity (Wildman–Crippen MR) is 110 cm³/mol. The van der Waals surface area contributed by atoms with Gasteiger partial charge in [-0.3, -0.25) is 4.79 Å². The average molecular weight is 364 g/mol. The van der Waals surface area contributed by atoms with Crippen LogP contribution in [0.4, 0.5) is 0 Å². The van der Waals surface area contributed by atoms with Crippen molar-refractivity contribution in [3.8, 4) is 0 Å². The summed E-state index contributed by atoms with van der Waals surface area (Å²) in [7, 11) is 0. The molecule has 0 radical (unpaired) electrons. The summed E-state index contributed by atoms with van der Waals surface area (Å²) in [6.07, 6.45) is 24.7. The van der Waals surface area contributed by atoms with Crippen molar-refractivity contribution in [2.24, 2.45) is 0 Å². The Morgan fingerprint density at radius 1 is 0.923 bits per heavy atom. The molecule has 0 bridgehead atoms. The Labute approximate surface area is 159 Å². The smallest absolute Gasteiger partial charge is 0.222 e. The summed E-state index contributed by atoms with van der Waals surface area (Å²) < 4.78 is 0. The first-order valence-electron chi connectivity index (χ1n) is 9.86. The van der Waals surface area contributed by atoms with E-state index < -0.39 is 6.10 Å². The van der Waals surface area contributed by atoms with Gasteiger partial charge in [0.2, 0.25) is 5.91 Å². The molecule has 0 spiro atoms. The Balaban J connectivity index is 3.60. The number of unbranched alkanes of at least 4 members (excludes halogenated alkanes) is 3. The van der Waals surface area contributed by atoms with Gasteiger partial charge in [0.05, 0.1) is 19.1 Å². The molecule has 148 valence electrons. The van der Waals surface area contributed by atoms with Gasteiger partial charge >= 0.3 is 0 Å². The molecule has 0 saturated heterocycles. The summed E-state index contributed by atoms with van der Waals surface area (Å²) in [5.41, 5.74) is 0. The number of allylic oxidation sites excluding steroid dienone is 7. The minimum Gasteiger partial charge on any atom is -0.395 e. The van der Waals surface area contributed by atoms with E-state index in [0.717, 1.165) is 19.3 Å². The lowest BCUT2D eigenvalue weighted by molar-refractivity contribution is -0.123. The molecule has 0 aromatic carbocycles. The van der Waals surface area contributed by atoms with E-state index in [1.54, 1.807) is 0 Å². The first kappa shape index (κ1) is 24.4. The SMILES string of the molecule is CCCCC/C=C\C/C=C\C/C=C\C/C=C\C[C@H](O)CC(=O)NCCO. The minimum atomic E-state index is -0.674. The number of carbonyl (C=O) groups is 1. The maximum Gasteiger partial charge on any atom is 0.222 e. The molecule has 26 heavy (non-hydrogen) atoms. The normalized spacial score (nSPS) is 13.5. The summed E-state index contributed by atoms with van der Waals surface area (Å²) in [6.45, 7) is 2.37. The zero-order valence-corrected chi connectivity index (χ0v) is 16.3. The monoisotopic (exact) mass is 363 g/mol. The van der Waals surface area contributed by atoms with Crippen molar-refractivity contribution >= 4 is 5.91 Å². The third-order valence-electron chi connectivity index (χ3n) is 3.72. The highest BCUT2D eigenvalue weighted by atomic mass is 16.3. The summed E-state index contributed by atoms with van der Waals surface area (Å²) in [6, 6.07) is 0. The van der Waals surface area contributed by atoms with Gasteiger partial charge in [-0.2, -0.15) is 0 Å². The van der Waals surface area contributed by atoms with Crippen LogP contribution in [0.2, 0.25) is 0 Å². The van der Waals surface area contributed by atoms with Gasteiger partial charge in [-0.15, -0.1) is 0 Å². The van der Waals surface area contributed by atoms with Crippen molar-refractivity contribution in [1.82, 2.24) is 5.32 Å². The van der Waals surface area contributed by atoms with E-state index in [1.165, 1.54) is 25.7 Å². The summed E-state index contributed by atoms with van der Waals surface area (Å²) in [4.78, 5) is 11.3. The molecule has 1 amide bonds. The number of aliphatic hydroxyl groups is 2. The van der Waals surface area contributed by atoms with Crippen LogP contribution in [0.1, 0.15) is 64.7 Å². The highest BCUT2D eigenvalue weighted by Gasteiger charge is 2.08. The molecule has 4 nitrogen and oxygen atoms in total. The molecule has 0 rings (SSSR count). The summed E-state index contributed by atoms with van der Waals surface area (Å²) >= 11 is 0. The van der Waals surface area contributed by atoms with Crippen LogP contribution in [0, 0.1) is 0 Å². The van der Waals surface area contributed by atoms with E-state index in [-0.39, 0.29) is 25.5 Å². The summed E-state index contributed by atoms with van der Waals surface area (Å²) in [5, 5.41) is 20.8. The maximum atomic E-state index is 11.3. The Morgan fingerprint density at radius 2 is 1.50 bits per heavy atom. The zero-order valence-electron chi connectivity index (χ0n) is 16.3. The van der Waals surface area contributed by atoms with Crippen LogP contribution in [-0.2, 0) is 4.79 Å². The average Bonchev–Trinajstić information content (AvgIpc) is 2.63. The van der Waals surface area contributed by atoms with Gasteiger partial charge in [0.1, 0.15) is 0 Å². The van der Waals surface area contributed by atoms with Crippen LogP contribution in [-0.4, -0.2) is 35.4 Å². The molecule has 4 heteroatoms. The molecule has 3 N–H and O–H groups in total. The number of hydrogen-bond acceptors (Lipinski definition) is 3. The molecule has 0 fully saturated rings. The van der Waals surface area contributed by atoms with Crippen molar-refractivity contribution in [3.63, 3.8) is 0 Å². The third-order valence-corrected chi connectivity index (χ3v) is 3.72. The fourth-order valence-electron chi connectivity index (χ4n) is 2.26. The summed E-state index contributed by atoms with van der Waals surface area (Å²) in [5.74, 6) is -0.234. The number of aliphatic hydroxyl groups excluding tert-OH is 2. The standard InChI is InChI=1S/C22H37NO3/c1-2-3-4-5-6-7-8-9-10-11-12-13-14-15-16-17-21(25)20-22(26)23-18-19-24/h6-7,9-10,12-13,15-16,21,24-25H,2-5,8,11,14,17-20H2,1H3,(H,23,26)/b7-6-,10-9-,13-12-,16-15-/t21-/m0/s1. The van der Waals surface area contributed by atoms with E-state index in [9.17, 15) is 9.90 Å². The van der Waals surface area contributed by atoms with Crippen LogP contribution in [0.5, 0.6) is 0 Å². The molecular weight excluding hydrogens is 326 g/mol. The molecule has 1 atom stereocenters. The van der Waals surface area contributed by atoms with Crippen molar-refractivity contribution in [2.45, 2.75) is 70.8 Å². The van der Waals surface area contributed by atoms with Crippen LogP contribution < -0.4 is 5.32 Å². The number of carbonyl (C=O) groups excluding carboxylic acids is 1. The number of hydrogen-bond donors (Lipinski definition) is 3. The second kappa shape index (κ2) is 19.7. The van der Waals surface area contributed by atoms with Gasteiger partial charge in [-0.05, 0) is 38.5 Å². The van der Waals surface area contributed by atoms with Crippen molar-refractivity contribution in [2.75, 3.05) is 13.2 Å². The van der Waals surface area contributed by atoms with Gasteiger partial charge in [0.25, 0.3) is 0 Å². The number of rotatable bonds is 16. The van der Waals surface area contributed by atoms with Gasteiger partial charge in [-0.25, -0.2) is 0 Å². The Bertz CT molecular complexity index is 439. The molecule has 0 unspecified atom stereocenters. The molecule has 0 heterocycles. The largest absolute Gasteiger partial charge is 0.395 e. The van der Waals surface area contributed by atoms with Crippen LogP contribution in [0.15, 0.2) is 48.6 Å². The number of amides is 1. The van der Waals surface area contributed by atoms with Gasteiger partial charge in [-0.1, -0.05) is 68.4 Å². The van der Waals surface area contributed by atoms with Crippen molar-refractivity contribution in [1.29, 1.82) is 0 Å². The molecule has 0 aromatic heterocycles. The number of nitrogens with one attached hydrogen (secondary N) is 1. The van der Waals surface area contributed by atoms with Crippen LogP contribution >= 0.6 is 0 Å².